The molecule has 2 unspecified atom stereocenters. The second kappa shape index (κ2) is 6.20. The van der Waals surface area contributed by atoms with Crippen molar-refractivity contribution < 1.29 is 4.74 Å². The summed E-state index contributed by atoms with van der Waals surface area (Å²) in [6, 6.07) is 10.6. The van der Waals surface area contributed by atoms with Crippen molar-refractivity contribution in [1.82, 2.24) is 0 Å². The molecule has 0 aliphatic carbocycles. The third-order valence-corrected chi connectivity index (χ3v) is 3.26. The van der Waals surface area contributed by atoms with Gasteiger partial charge in [0.1, 0.15) is 0 Å². The van der Waals surface area contributed by atoms with Gasteiger partial charge in [-0.25, -0.2) is 0 Å². The van der Waals surface area contributed by atoms with Crippen molar-refractivity contribution in [1.29, 1.82) is 0 Å². The van der Waals surface area contributed by atoms with Crippen molar-refractivity contribution in [3.63, 3.8) is 0 Å². The Labute approximate surface area is 94.6 Å². The zero-order chi connectivity index (χ0) is 10.4. The summed E-state index contributed by atoms with van der Waals surface area (Å²) in [5.74, 6) is 0.547. The second-order valence-electron chi connectivity index (χ2n) is 3.54. The molecule has 1 aromatic carbocycles. The van der Waals surface area contributed by atoms with Gasteiger partial charge in [0.15, 0.2) is 0 Å². The molecule has 0 heterocycles. The van der Waals surface area contributed by atoms with Crippen LogP contribution in [0.2, 0.25) is 0 Å². The molecule has 2 heteroatoms. The minimum atomic E-state index is 0.317. The van der Waals surface area contributed by atoms with Crippen molar-refractivity contribution in [2.75, 3.05) is 12.4 Å². The highest BCUT2D eigenvalue weighted by Crippen LogP contribution is 2.23. The monoisotopic (exact) mass is 256 g/mol. The Morgan fingerprint density at radius 3 is 2.43 bits per heavy atom. The zero-order valence-electron chi connectivity index (χ0n) is 8.74. The van der Waals surface area contributed by atoms with Crippen LogP contribution in [0.3, 0.4) is 0 Å². The van der Waals surface area contributed by atoms with E-state index >= 15 is 0 Å². The third-order valence-electron chi connectivity index (χ3n) is 2.48. The summed E-state index contributed by atoms with van der Waals surface area (Å²) >= 11 is 3.55. The molecule has 14 heavy (non-hydrogen) atoms. The lowest BCUT2D eigenvalue weighted by atomic mass is 9.95. The van der Waals surface area contributed by atoms with Gasteiger partial charge in [0.05, 0.1) is 6.10 Å². The van der Waals surface area contributed by atoms with E-state index in [2.05, 4.69) is 53.2 Å². The van der Waals surface area contributed by atoms with E-state index < -0.39 is 0 Å². The fourth-order valence-electron chi connectivity index (χ4n) is 1.51. The molecule has 0 saturated carbocycles. The van der Waals surface area contributed by atoms with Gasteiger partial charge in [-0.05, 0) is 24.8 Å². The highest BCUT2D eigenvalue weighted by atomic mass is 79.9. The molecule has 0 radical (unpaired) electrons. The largest absolute Gasteiger partial charge is 0.382 e. The minimum absolute atomic E-state index is 0.317. The van der Waals surface area contributed by atoms with Gasteiger partial charge in [-0.1, -0.05) is 46.3 Å². The van der Waals surface area contributed by atoms with Crippen LogP contribution in [-0.4, -0.2) is 18.5 Å². The molecule has 0 bridgehead atoms. The Hall–Kier alpha value is -0.340. The van der Waals surface area contributed by atoms with Crippen molar-refractivity contribution in [3.8, 4) is 0 Å². The molecule has 78 valence electrons. The van der Waals surface area contributed by atoms with Crippen LogP contribution in [0.15, 0.2) is 30.3 Å². The van der Waals surface area contributed by atoms with Crippen LogP contribution < -0.4 is 0 Å². The lowest BCUT2D eigenvalue weighted by Crippen LogP contribution is -2.12. The van der Waals surface area contributed by atoms with Gasteiger partial charge in [-0.15, -0.1) is 0 Å². The molecule has 0 N–H and O–H groups in total. The fraction of sp³-hybridized carbons (Fsp3) is 0.500. The summed E-state index contributed by atoms with van der Waals surface area (Å²) < 4.78 is 5.28. The maximum atomic E-state index is 5.28. The van der Waals surface area contributed by atoms with Crippen LogP contribution in [0.25, 0.3) is 0 Å². The molecule has 1 nitrogen and oxygen atoms in total. The SMILES string of the molecule is COC(C)CC(CBr)c1ccccc1. The lowest BCUT2D eigenvalue weighted by molar-refractivity contribution is 0.106. The molecule has 2 atom stereocenters. The summed E-state index contributed by atoms with van der Waals surface area (Å²) in [6.07, 6.45) is 1.38. The van der Waals surface area contributed by atoms with Crippen LogP contribution in [0.1, 0.15) is 24.8 Å². The number of rotatable bonds is 5. The second-order valence-corrected chi connectivity index (χ2v) is 4.19. The average Bonchev–Trinajstić information content (AvgIpc) is 2.26. The van der Waals surface area contributed by atoms with E-state index in [1.165, 1.54) is 5.56 Å². The van der Waals surface area contributed by atoms with Crippen LogP contribution >= 0.6 is 15.9 Å². The number of alkyl halides is 1. The van der Waals surface area contributed by atoms with E-state index in [-0.39, 0.29) is 0 Å². The Balaban J connectivity index is 2.63. The van der Waals surface area contributed by atoms with Crippen molar-refractivity contribution in [3.05, 3.63) is 35.9 Å². The van der Waals surface area contributed by atoms with E-state index in [1.54, 1.807) is 7.11 Å². The maximum Gasteiger partial charge on any atom is 0.0549 e. The van der Waals surface area contributed by atoms with E-state index in [9.17, 15) is 0 Å². The number of methoxy groups -OCH3 is 1. The Morgan fingerprint density at radius 1 is 1.29 bits per heavy atom. The van der Waals surface area contributed by atoms with Gasteiger partial charge < -0.3 is 4.74 Å². The first-order valence-corrected chi connectivity index (χ1v) is 6.03. The van der Waals surface area contributed by atoms with Gasteiger partial charge in [0, 0.05) is 12.4 Å². The van der Waals surface area contributed by atoms with Crippen LogP contribution in [-0.2, 0) is 4.74 Å². The normalized spacial score (nSPS) is 15.1. The number of benzene rings is 1. The van der Waals surface area contributed by atoms with Gasteiger partial charge in [-0.3, -0.25) is 0 Å². The smallest absolute Gasteiger partial charge is 0.0549 e. The predicted octanol–water partition coefficient (Wildman–Crippen LogP) is 3.59. The Morgan fingerprint density at radius 2 is 1.93 bits per heavy atom. The van der Waals surface area contributed by atoms with E-state index in [0.29, 0.717) is 12.0 Å². The summed E-state index contributed by atoms with van der Waals surface area (Å²) in [5.41, 5.74) is 1.38. The molecule has 0 fully saturated rings. The summed E-state index contributed by atoms with van der Waals surface area (Å²) in [7, 11) is 1.76. The molecule has 0 saturated heterocycles. The molecule has 1 aromatic rings. The molecule has 1 rings (SSSR count). The minimum Gasteiger partial charge on any atom is -0.382 e. The number of halogens is 1. The predicted molar refractivity (Wildman–Crippen MR) is 64.1 cm³/mol. The van der Waals surface area contributed by atoms with Crippen LogP contribution in [0, 0.1) is 0 Å². The average molecular weight is 257 g/mol. The first-order chi connectivity index (χ1) is 6.77. The molecular formula is C12H17BrO. The summed E-state index contributed by atoms with van der Waals surface area (Å²) in [6.45, 7) is 2.11. The standard InChI is InChI=1S/C12H17BrO/c1-10(14-2)8-12(9-13)11-6-4-3-5-7-11/h3-7,10,12H,8-9H2,1-2H3. The molecule has 0 amide bonds. The quantitative estimate of drug-likeness (QED) is 0.732. The molecule has 0 aliphatic heterocycles. The third kappa shape index (κ3) is 3.43. The van der Waals surface area contributed by atoms with Gasteiger partial charge in [0.2, 0.25) is 0 Å². The summed E-state index contributed by atoms with van der Waals surface area (Å²) in [5, 5.41) is 0.991. The van der Waals surface area contributed by atoms with Gasteiger partial charge in [-0.2, -0.15) is 0 Å². The number of hydrogen-bond acceptors (Lipinski definition) is 1. The van der Waals surface area contributed by atoms with Crippen LogP contribution in [0.5, 0.6) is 0 Å². The van der Waals surface area contributed by atoms with Crippen molar-refractivity contribution >= 4 is 15.9 Å². The van der Waals surface area contributed by atoms with Gasteiger partial charge in [0.25, 0.3) is 0 Å². The molecular weight excluding hydrogens is 240 g/mol. The highest BCUT2D eigenvalue weighted by molar-refractivity contribution is 9.09. The van der Waals surface area contributed by atoms with E-state index in [1.807, 2.05) is 0 Å². The van der Waals surface area contributed by atoms with Crippen molar-refractivity contribution in [2.45, 2.75) is 25.4 Å². The van der Waals surface area contributed by atoms with Gasteiger partial charge >= 0.3 is 0 Å². The number of hydrogen-bond donors (Lipinski definition) is 0. The van der Waals surface area contributed by atoms with E-state index in [4.69, 9.17) is 4.74 Å². The zero-order valence-corrected chi connectivity index (χ0v) is 10.3. The topological polar surface area (TPSA) is 9.23 Å². The van der Waals surface area contributed by atoms with Crippen molar-refractivity contribution in [2.24, 2.45) is 0 Å². The fourth-order valence-corrected chi connectivity index (χ4v) is 2.15. The van der Waals surface area contributed by atoms with Crippen LogP contribution in [0.4, 0.5) is 0 Å². The summed E-state index contributed by atoms with van der Waals surface area (Å²) in [4.78, 5) is 0. The maximum absolute atomic E-state index is 5.28. The van der Waals surface area contributed by atoms with E-state index in [0.717, 1.165) is 11.8 Å². The molecule has 0 spiro atoms. The molecule has 0 aliphatic rings. The Kier molecular flexibility index (Phi) is 5.20. The highest BCUT2D eigenvalue weighted by Gasteiger charge is 2.13. The lowest BCUT2D eigenvalue weighted by Gasteiger charge is -2.18. The molecule has 0 aromatic heterocycles. The first-order valence-electron chi connectivity index (χ1n) is 4.91. The first kappa shape index (κ1) is 11.7. The number of ether oxygens (including phenoxy) is 1. The Bertz CT molecular complexity index is 248.